The molecule has 0 N–H and O–H groups in total. The fraction of sp³-hybridized carbons (Fsp3) is 0.917. The Labute approximate surface area is 183 Å². The molecule has 2 amide bonds. The summed E-state index contributed by atoms with van der Waals surface area (Å²) in [6.07, 6.45) is 10.1. The van der Waals surface area contributed by atoms with Crippen molar-refractivity contribution in [1.29, 1.82) is 0 Å². The summed E-state index contributed by atoms with van der Waals surface area (Å²) in [6, 6.07) is 0. The van der Waals surface area contributed by atoms with E-state index in [9.17, 15) is 9.59 Å². The van der Waals surface area contributed by atoms with Crippen LogP contribution in [0, 0.1) is 0 Å². The zero-order valence-corrected chi connectivity index (χ0v) is 19.7. The minimum absolute atomic E-state index is 0.259. The number of ether oxygens (including phenoxy) is 2. The fourth-order valence-electron chi connectivity index (χ4n) is 4.47. The van der Waals surface area contributed by atoms with Crippen molar-refractivity contribution in [2.45, 2.75) is 116 Å². The second-order valence-corrected chi connectivity index (χ2v) is 9.44. The maximum absolute atomic E-state index is 12.4. The molecule has 6 heteroatoms. The highest BCUT2D eigenvalue weighted by molar-refractivity contribution is 5.76. The van der Waals surface area contributed by atoms with Crippen LogP contribution in [0.4, 0.5) is 0 Å². The van der Waals surface area contributed by atoms with E-state index in [0.29, 0.717) is 25.0 Å². The summed E-state index contributed by atoms with van der Waals surface area (Å²) in [7, 11) is 0. The van der Waals surface area contributed by atoms with Gasteiger partial charge in [0.05, 0.1) is 24.4 Å². The normalized spacial score (nSPS) is 19.1. The van der Waals surface area contributed by atoms with Crippen LogP contribution in [0.2, 0.25) is 0 Å². The Bertz CT molecular complexity index is 461. The summed E-state index contributed by atoms with van der Waals surface area (Å²) in [4.78, 5) is 28.8. The Morgan fingerprint density at radius 3 is 1.30 bits per heavy atom. The van der Waals surface area contributed by atoms with Crippen molar-refractivity contribution in [2.75, 3.05) is 26.2 Å². The lowest BCUT2D eigenvalue weighted by molar-refractivity contribution is -0.135. The highest BCUT2D eigenvalue weighted by Crippen LogP contribution is 2.19. The van der Waals surface area contributed by atoms with Crippen LogP contribution in [-0.2, 0) is 19.1 Å². The standard InChI is InChI=1S/C24H44N2O4/c1-19(2)29-21-11-15-25(16-12-21)23(27)9-7-5-6-8-10-24(28)26-17-13-22(14-18-26)30-20(3)4/h19-22H,5-18H2,1-4H3. The molecular weight excluding hydrogens is 380 g/mol. The van der Waals surface area contributed by atoms with Crippen molar-refractivity contribution < 1.29 is 19.1 Å². The third-order valence-corrected chi connectivity index (χ3v) is 6.05. The highest BCUT2D eigenvalue weighted by atomic mass is 16.5. The van der Waals surface area contributed by atoms with Crippen LogP contribution in [0.3, 0.4) is 0 Å². The molecule has 0 aromatic heterocycles. The molecule has 2 heterocycles. The molecule has 0 aromatic carbocycles. The summed E-state index contributed by atoms with van der Waals surface area (Å²) in [5.41, 5.74) is 0. The minimum Gasteiger partial charge on any atom is -0.375 e. The zero-order chi connectivity index (χ0) is 21.9. The van der Waals surface area contributed by atoms with Gasteiger partial charge < -0.3 is 19.3 Å². The van der Waals surface area contributed by atoms with Crippen molar-refractivity contribution in [3.05, 3.63) is 0 Å². The third kappa shape index (κ3) is 9.34. The van der Waals surface area contributed by atoms with E-state index in [1.807, 2.05) is 9.80 Å². The summed E-state index contributed by atoms with van der Waals surface area (Å²) >= 11 is 0. The second kappa shape index (κ2) is 13.3. The number of unbranched alkanes of at least 4 members (excludes halogenated alkanes) is 3. The van der Waals surface area contributed by atoms with Crippen LogP contribution in [0.5, 0.6) is 0 Å². The van der Waals surface area contributed by atoms with Crippen LogP contribution in [0.25, 0.3) is 0 Å². The van der Waals surface area contributed by atoms with Crippen molar-refractivity contribution in [3.63, 3.8) is 0 Å². The quantitative estimate of drug-likeness (QED) is 0.467. The molecule has 30 heavy (non-hydrogen) atoms. The number of piperidine rings is 2. The van der Waals surface area contributed by atoms with Gasteiger partial charge >= 0.3 is 0 Å². The first kappa shape index (κ1) is 25.1. The second-order valence-electron chi connectivity index (χ2n) is 9.44. The topological polar surface area (TPSA) is 59.1 Å². The van der Waals surface area contributed by atoms with Crippen LogP contribution in [-0.4, -0.2) is 72.2 Å². The van der Waals surface area contributed by atoms with E-state index in [4.69, 9.17) is 9.47 Å². The molecule has 0 bridgehead atoms. The van der Waals surface area contributed by atoms with Gasteiger partial charge in [-0.2, -0.15) is 0 Å². The number of carbonyl (C=O) groups excluding carboxylic acids is 2. The Morgan fingerprint density at radius 2 is 1.00 bits per heavy atom. The fourth-order valence-corrected chi connectivity index (χ4v) is 4.47. The Balaban J connectivity index is 1.48. The summed E-state index contributed by atoms with van der Waals surface area (Å²) in [6.45, 7) is 11.6. The molecule has 2 fully saturated rings. The zero-order valence-electron chi connectivity index (χ0n) is 19.7. The summed E-state index contributed by atoms with van der Waals surface area (Å²) < 4.78 is 11.7. The van der Waals surface area contributed by atoms with Crippen molar-refractivity contribution in [2.24, 2.45) is 0 Å². The number of hydrogen-bond donors (Lipinski definition) is 0. The third-order valence-electron chi connectivity index (χ3n) is 6.05. The molecule has 2 saturated heterocycles. The lowest BCUT2D eigenvalue weighted by atomic mass is 10.0. The van der Waals surface area contributed by atoms with Gasteiger partial charge in [-0.25, -0.2) is 0 Å². The molecule has 0 radical (unpaired) electrons. The van der Waals surface area contributed by atoms with Gasteiger partial charge in [-0.05, 0) is 66.2 Å². The van der Waals surface area contributed by atoms with E-state index < -0.39 is 0 Å². The van der Waals surface area contributed by atoms with Gasteiger partial charge in [0.2, 0.25) is 11.8 Å². The molecule has 6 nitrogen and oxygen atoms in total. The lowest BCUT2D eigenvalue weighted by Crippen LogP contribution is -2.41. The Kier molecular flexibility index (Phi) is 11.1. The molecule has 0 aromatic rings. The molecule has 0 aliphatic carbocycles. The number of rotatable bonds is 11. The smallest absolute Gasteiger partial charge is 0.222 e. The van der Waals surface area contributed by atoms with E-state index in [1.165, 1.54) is 0 Å². The van der Waals surface area contributed by atoms with Crippen molar-refractivity contribution in [1.82, 2.24) is 9.80 Å². The van der Waals surface area contributed by atoms with E-state index >= 15 is 0 Å². The van der Waals surface area contributed by atoms with Crippen molar-refractivity contribution >= 4 is 11.8 Å². The average molecular weight is 425 g/mol. The molecule has 174 valence electrons. The van der Waals surface area contributed by atoms with Crippen LogP contribution in [0.15, 0.2) is 0 Å². The first-order chi connectivity index (χ1) is 14.3. The Morgan fingerprint density at radius 1 is 0.667 bits per heavy atom. The molecule has 0 unspecified atom stereocenters. The highest BCUT2D eigenvalue weighted by Gasteiger charge is 2.24. The molecular formula is C24H44N2O4. The van der Waals surface area contributed by atoms with E-state index in [0.717, 1.165) is 77.5 Å². The SMILES string of the molecule is CC(C)OC1CCN(C(=O)CCCCCCC(=O)N2CCC(OC(C)C)CC2)CC1. The lowest BCUT2D eigenvalue weighted by Gasteiger charge is -2.33. The van der Waals surface area contributed by atoms with Crippen LogP contribution < -0.4 is 0 Å². The average Bonchev–Trinajstić information content (AvgIpc) is 2.70. The number of likely N-dealkylation sites (tertiary alicyclic amines) is 2. The van der Waals surface area contributed by atoms with E-state index in [1.54, 1.807) is 0 Å². The van der Waals surface area contributed by atoms with Gasteiger partial charge in [0, 0.05) is 39.0 Å². The maximum atomic E-state index is 12.4. The first-order valence-electron chi connectivity index (χ1n) is 12.2. The molecule has 0 spiro atoms. The van der Waals surface area contributed by atoms with Gasteiger partial charge in [0.1, 0.15) is 0 Å². The maximum Gasteiger partial charge on any atom is 0.222 e. The molecule has 2 aliphatic rings. The number of amides is 2. The van der Waals surface area contributed by atoms with Crippen molar-refractivity contribution in [3.8, 4) is 0 Å². The minimum atomic E-state index is 0.259. The van der Waals surface area contributed by atoms with Gasteiger partial charge in [0.15, 0.2) is 0 Å². The van der Waals surface area contributed by atoms with E-state index in [-0.39, 0.29) is 24.0 Å². The number of hydrogen-bond acceptors (Lipinski definition) is 4. The molecule has 0 atom stereocenters. The van der Waals surface area contributed by atoms with Gasteiger partial charge in [-0.1, -0.05) is 12.8 Å². The Hall–Kier alpha value is -1.14. The summed E-state index contributed by atoms with van der Waals surface area (Å²) in [5.74, 6) is 0.557. The first-order valence-corrected chi connectivity index (χ1v) is 12.2. The summed E-state index contributed by atoms with van der Waals surface area (Å²) in [5, 5.41) is 0. The predicted molar refractivity (Wildman–Crippen MR) is 119 cm³/mol. The molecule has 2 aliphatic heterocycles. The number of carbonyl (C=O) groups is 2. The van der Waals surface area contributed by atoms with Gasteiger partial charge in [-0.3, -0.25) is 9.59 Å². The van der Waals surface area contributed by atoms with Gasteiger partial charge in [-0.15, -0.1) is 0 Å². The van der Waals surface area contributed by atoms with Gasteiger partial charge in [0.25, 0.3) is 0 Å². The number of nitrogens with zero attached hydrogens (tertiary/aromatic N) is 2. The van der Waals surface area contributed by atoms with E-state index in [2.05, 4.69) is 27.7 Å². The van der Waals surface area contributed by atoms with Crippen LogP contribution >= 0.6 is 0 Å². The van der Waals surface area contributed by atoms with Crippen LogP contribution in [0.1, 0.15) is 91.9 Å². The predicted octanol–water partition coefficient (Wildman–Crippen LogP) is 4.16. The molecule has 0 saturated carbocycles. The monoisotopic (exact) mass is 424 g/mol. The molecule has 2 rings (SSSR count). The largest absolute Gasteiger partial charge is 0.375 e.